The molecule has 0 radical (unpaired) electrons. The average Bonchev–Trinajstić information content (AvgIpc) is 3.10. The van der Waals surface area contributed by atoms with Crippen molar-refractivity contribution in [1.82, 2.24) is 10.6 Å². The van der Waals surface area contributed by atoms with Gasteiger partial charge in [-0.3, -0.25) is 0 Å². The van der Waals surface area contributed by atoms with Crippen LogP contribution in [0.3, 0.4) is 0 Å². The first-order valence-electron chi connectivity index (χ1n) is 7.99. The molecule has 1 heterocycles. The standard InChI is InChI=1S/C18H25N3O2.HI/c1-3-10-19-18(20-11-9-16-8-5-12-23-16)21-14-15-6-4-7-17(13-15)22-2;/h4-8,12-13H,3,9-11,14H2,1-2H3,(H2,19,20,21);1H. The summed E-state index contributed by atoms with van der Waals surface area (Å²) < 4.78 is 10.6. The third-order valence-electron chi connectivity index (χ3n) is 3.34. The van der Waals surface area contributed by atoms with Crippen LogP contribution in [-0.4, -0.2) is 26.2 Å². The van der Waals surface area contributed by atoms with Crippen molar-refractivity contribution in [2.75, 3.05) is 20.2 Å². The minimum Gasteiger partial charge on any atom is -0.497 e. The van der Waals surface area contributed by atoms with Crippen LogP contribution in [0.25, 0.3) is 0 Å². The number of halogens is 1. The maximum atomic E-state index is 5.34. The summed E-state index contributed by atoms with van der Waals surface area (Å²) in [5, 5.41) is 6.66. The van der Waals surface area contributed by atoms with Gasteiger partial charge in [-0.15, -0.1) is 24.0 Å². The van der Waals surface area contributed by atoms with Crippen LogP contribution in [0.5, 0.6) is 5.75 Å². The van der Waals surface area contributed by atoms with Gasteiger partial charge in [0.05, 0.1) is 19.9 Å². The molecule has 0 aliphatic heterocycles. The van der Waals surface area contributed by atoms with Gasteiger partial charge in [0, 0.05) is 19.5 Å². The van der Waals surface area contributed by atoms with E-state index in [-0.39, 0.29) is 24.0 Å². The monoisotopic (exact) mass is 443 g/mol. The Labute approximate surface area is 160 Å². The van der Waals surface area contributed by atoms with Crippen molar-refractivity contribution in [3.63, 3.8) is 0 Å². The van der Waals surface area contributed by atoms with Crippen molar-refractivity contribution >= 4 is 29.9 Å². The van der Waals surface area contributed by atoms with E-state index in [1.165, 1.54) is 0 Å². The van der Waals surface area contributed by atoms with Crippen LogP contribution in [0.2, 0.25) is 0 Å². The number of ether oxygens (including phenoxy) is 1. The van der Waals surface area contributed by atoms with Crippen LogP contribution in [0, 0.1) is 0 Å². The Bertz CT molecular complexity index is 600. The Balaban J connectivity index is 0.00000288. The topological polar surface area (TPSA) is 58.8 Å². The lowest BCUT2D eigenvalue weighted by Gasteiger charge is -2.11. The number of nitrogens with one attached hydrogen (secondary N) is 2. The van der Waals surface area contributed by atoms with Crippen molar-refractivity contribution in [1.29, 1.82) is 0 Å². The molecule has 0 fully saturated rings. The smallest absolute Gasteiger partial charge is 0.191 e. The summed E-state index contributed by atoms with van der Waals surface area (Å²) in [6.45, 7) is 4.42. The zero-order valence-electron chi connectivity index (χ0n) is 14.2. The maximum absolute atomic E-state index is 5.34. The largest absolute Gasteiger partial charge is 0.497 e. The van der Waals surface area contributed by atoms with E-state index in [0.29, 0.717) is 6.54 Å². The second-order valence-corrected chi connectivity index (χ2v) is 5.20. The molecule has 0 amide bonds. The fourth-order valence-corrected chi connectivity index (χ4v) is 2.12. The Morgan fingerprint density at radius 1 is 1.17 bits per heavy atom. The number of guanidine groups is 1. The fraction of sp³-hybridized carbons (Fsp3) is 0.389. The zero-order chi connectivity index (χ0) is 16.3. The summed E-state index contributed by atoms with van der Waals surface area (Å²) in [6.07, 6.45) is 3.58. The number of rotatable bonds is 8. The zero-order valence-corrected chi connectivity index (χ0v) is 16.6. The van der Waals surface area contributed by atoms with Crippen molar-refractivity contribution < 1.29 is 9.15 Å². The summed E-state index contributed by atoms with van der Waals surface area (Å²) >= 11 is 0. The molecular weight excluding hydrogens is 417 g/mol. The highest BCUT2D eigenvalue weighted by atomic mass is 127. The van der Waals surface area contributed by atoms with Gasteiger partial charge in [0.1, 0.15) is 11.5 Å². The van der Waals surface area contributed by atoms with Crippen molar-refractivity contribution in [2.45, 2.75) is 26.3 Å². The van der Waals surface area contributed by atoms with Gasteiger partial charge in [0.2, 0.25) is 0 Å². The second-order valence-electron chi connectivity index (χ2n) is 5.20. The predicted octanol–water partition coefficient (Wildman–Crippen LogP) is 3.59. The lowest BCUT2D eigenvalue weighted by molar-refractivity contribution is 0.414. The third kappa shape index (κ3) is 7.25. The molecule has 0 unspecified atom stereocenters. The van der Waals surface area contributed by atoms with Crippen LogP contribution in [0.15, 0.2) is 52.1 Å². The molecule has 0 aliphatic rings. The average molecular weight is 443 g/mol. The number of furan rings is 1. The number of aliphatic imine (C=N–C) groups is 1. The van der Waals surface area contributed by atoms with E-state index >= 15 is 0 Å². The number of nitrogens with zero attached hydrogens (tertiary/aromatic N) is 1. The van der Waals surface area contributed by atoms with Crippen molar-refractivity contribution in [3.8, 4) is 5.75 Å². The number of benzene rings is 1. The van der Waals surface area contributed by atoms with Crippen LogP contribution >= 0.6 is 24.0 Å². The lowest BCUT2D eigenvalue weighted by atomic mass is 10.2. The van der Waals surface area contributed by atoms with Crippen LogP contribution in [0.1, 0.15) is 24.7 Å². The SMILES string of the molecule is CCCNC(=NCc1cccc(OC)c1)NCCc1ccco1.I. The molecule has 2 N–H and O–H groups in total. The van der Waals surface area contributed by atoms with E-state index in [9.17, 15) is 0 Å². The lowest BCUT2D eigenvalue weighted by Crippen LogP contribution is -2.38. The van der Waals surface area contributed by atoms with E-state index in [0.717, 1.165) is 49.0 Å². The molecule has 2 rings (SSSR count). The van der Waals surface area contributed by atoms with Gasteiger partial charge in [-0.05, 0) is 36.2 Å². The van der Waals surface area contributed by atoms with Crippen LogP contribution in [0.4, 0.5) is 0 Å². The first-order valence-corrected chi connectivity index (χ1v) is 7.99. The Kier molecular flexibility index (Phi) is 9.98. The van der Waals surface area contributed by atoms with Gasteiger partial charge < -0.3 is 19.8 Å². The molecule has 1 aromatic carbocycles. The highest BCUT2D eigenvalue weighted by molar-refractivity contribution is 14.0. The molecule has 0 bridgehead atoms. The molecule has 2 aromatic rings. The van der Waals surface area contributed by atoms with Crippen LogP contribution in [-0.2, 0) is 13.0 Å². The molecule has 0 aliphatic carbocycles. The first kappa shape index (κ1) is 20.3. The Hall–Kier alpha value is -1.70. The fourth-order valence-electron chi connectivity index (χ4n) is 2.12. The van der Waals surface area contributed by atoms with Gasteiger partial charge in [-0.1, -0.05) is 19.1 Å². The summed E-state index contributed by atoms with van der Waals surface area (Å²) in [5.74, 6) is 2.65. The molecule has 132 valence electrons. The van der Waals surface area contributed by atoms with E-state index in [1.54, 1.807) is 13.4 Å². The van der Waals surface area contributed by atoms with Crippen molar-refractivity contribution in [3.05, 3.63) is 54.0 Å². The van der Waals surface area contributed by atoms with Crippen molar-refractivity contribution in [2.24, 2.45) is 4.99 Å². The highest BCUT2D eigenvalue weighted by Crippen LogP contribution is 2.13. The normalized spacial score (nSPS) is 10.8. The molecule has 0 spiro atoms. The van der Waals surface area contributed by atoms with Gasteiger partial charge in [0.25, 0.3) is 0 Å². The third-order valence-corrected chi connectivity index (χ3v) is 3.34. The number of methoxy groups -OCH3 is 1. The summed E-state index contributed by atoms with van der Waals surface area (Å²) in [4.78, 5) is 4.63. The molecule has 24 heavy (non-hydrogen) atoms. The second kappa shape index (κ2) is 11.8. The van der Waals surface area contributed by atoms with Gasteiger partial charge in [-0.25, -0.2) is 4.99 Å². The molecule has 1 aromatic heterocycles. The summed E-state index contributed by atoms with van der Waals surface area (Å²) in [5.41, 5.74) is 1.12. The first-order chi connectivity index (χ1) is 11.3. The minimum atomic E-state index is 0. The van der Waals surface area contributed by atoms with Gasteiger partial charge in [-0.2, -0.15) is 0 Å². The molecule has 5 nitrogen and oxygen atoms in total. The molecule has 0 atom stereocenters. The summed E-state index contributed by atoms with van der Waals surface area (Å²) in [7, 11) is 1.67. The summed E-state index contributed by atoms with van der Waals surface area (Å²) in [6, 6.07) is 11.9. The predicted molar refractivity (Wildman–Crippen MR) is 108 cm³/mol. The maximum Gasteiger partial charge on any atom is 0.191 e. The molecule has 0 saturated carbocycles. The van der Waals surface area contributed by atoms with E-state index in [2.05, 4.69) is 22.5 Å². The highest BCUT2D eigenvalue weighted by Gasteiger charge is 2.01. The molecular formula is C18H26IN3O2. The van der Waals surface area contributed by atoms with E-state index < -0.39 is 0 Å². The van der Waals surface area contributed by atoms with Gasteiger partial charge >= 0.3 is 0 Å². The Morgan fingerprint density at radius 3 is 2.71 bits per heavy atom. The quantitative estimate of drug-likeness (QED) is 0.372. The van der Waals surface area contributed by atoms with E-state index in [4.69, 9.17) is 9.15 Å². The number of hydrogen-bond donors (Lipinski definition) is 2. The molecule has 6 heteroatoms. The van der Waals surface area contributed by atoms with Gasteiger partial charge in [0.15, 0.2) is 5.96 Å². The number of hydrogen-bond acceptors (Lipinski definition) is 3. The minimum absolute atomic E-state index is 0. The Morgan fingerprint density at radius 2 is 2.00 bits per heavy atom. The van der Waals surface area contributed by atoms with Crippen LogP contribution < -0.4 is 15.4 Å². The van der Waals surface area contributed by atoms with E-state index in [1.807, 2.05) is 36.4 Å². The molecule has 0 saturated heterocycles.